The van der Waals surface area contributed by atoms with Gasteiger partial charge in [0.25, 0.3) is 0 Å². The molecule has 1 aromatic carbocycles. The fourth-order valence-electron chi connectivity index (χ4n) is 2.33. The molecule has 0 atom stereocenters. The van der Waals surface area contributed by atoms with E-state index < -0.39 is 0 Å². The van der Waals surface area contributed by atoms with E-state index in [1.54, 1.807) is 13.3 Å². The maximum atomic E-state index is 12.9. The van der Waals surface area contributed by atoms with Crippen molar-refractivity contribution in [1.29, 1.82) is 0 Å². The number of halogens is 2. The van der Waals surface area contributed by atoms with Gasteiger partial charge in [-0.25, -0.2) is 4.39 Å². The first-order valence-electron chi connectivity index (χ1n) is 8.07. The summed E-state index contributed by atoms with van der Waals surface area (Å²) in [7, 11) is 3.79. The standard InChI is InChI=1S/C18H25FN4O.HI/c1-20-18(21-10-9-17-4-3-13-24-17)22-11-12-23(2)14-15-5-7-16(19)8-6-15;/h3-8,13H,9-12,14H2,1-2H3,(H2,20,21,22);1H. The van der Waals surface area contributed by atoms with E-state index in [4.69, 9.17) is 4.42 Å². The first-order valence-corrected chi connectivity index (χ1v) is 8.07. The Morgan fingerprint density at radius 1 is 1.16 bits per heavy atom. The molecule has 138 valence electrons. The number of likely N-dealkylation sites (N-methyl/N-ethyl adjacent to an activating group) is 1. The predicted molar refractivity (Wildman–Crippen MR) is 110 cm³/mol. The lowest BCUT2D eigenvalue weighted by atomic mass is 10.2. The van der Waals surface area contributed by atoms with Crippen molar-refractivity contribution in [3.63, 3.8) is 0 Å². The molecule has 2 aromatic rings. The Kier molecular flexibility index (Phi) is 10.2. The molecule has 7 heteroatoms. The van der Waals surface area contributed by atoms with E-state index in [0.29, 0.717) is 0 Å². The fraction of sp³-hybridized carbons (Fsp3) is 0.389. The Hall–Kier alpha value is -1.61. The Bertz CT molecular complexity index is 617. The van der Waals surface area contributed by atoms with Crippen LogP contribution in [0.1, 0.15) is 11.3 Å². The van der Waals surface area contributed by atoms with Crippen LogP contribution in [0, 0.1) is 5.82 Å². The molecule has 0 saturated carbocycles. The predicted octanol–water partition coefficient (Wildman–Crippen LogP) is 2.88. The molecule has 0 amide bonds. The van der Waals surface area contributed by atoms with Gasteiger partial charge in [-0.1, -0.05) is 12.1 Å². The minimum absolute atomic E-state index is 0. The quantitative estimate of drug-likeness (QED) is 0.362. The van der Waals surface area contributed by atoms with Crippen LogP contribution < -0.4 is 10.6 Å². The SMILES string of the molecule is CN=C(NCCc1ccco1)NCCN(C)Cc1ccc(F)cc1.I. The summed E-state index contributed by atoms with van der Waals surface area (Å²) in [5.41, 5.74) is 1.10. The van der Waals surface area contributed by atoms with Crippen LogP contribution in [0.4, 0.5) is 4.39 Å². The molecular weight excluding hydrogens is 434 g/mol. The lowest BCUT2D eigenvalue weighted by molar-refractivity contribution is 0.331. The van der Waals surface area contributed by atoms with Crippen LogP contribution in [0.25, 0.3) is 0 Å². The highest BCUT2D eigenvalue weighted by atomic mass is 127. The lowest BCUT2D eigenvalue weighted by Gasteiger charge is -2.18. The second-order valence-electron chi connectivity index (χ2n) is 5.62. The maximum absolute atomic E-state index is 12.9. The third-order valence-corrected chi connectivity index (χ3v) is 3.62. The largest absolute Gasteiger partial charge is 0.469 e. The average Bonchev–Trinajstić information content (AvgIpc) is 3.09. The van der Waals surface area contributed by atoms with Crippen LogP contribution in [0.15, 0.2) is 52.1 Å². The van der Waals surface area contributed by atoms with E-state index in [2.05, 4.69) is 20.5 Å². The summed E-state index contributed by atoms with van der Waals surface area (Å²) in [5.74, 6) is 1.53. The number of furan rings is 1. The Morgan fingerprint density at radius 3 is 2.52 bits per heavy atom. The molecule has 0 spiro atoms. The van der Waals surface area contributed by atoms with Crippen molar-refractivity contribution in [1.82, 2.24) is 15.5 Å². The molecule has 25 heavy (non-hydrogen) atoms. The van der Waals surface area contributed by atoms with Gasteiger partial charge in [-0.05, 0) is 36.9 Å². The second kappa shape index (κ2) is 11.9. The van der Waals surface area contributed by atoms with Gasteiger partial charge in [0.05, 0.1) is 6.26 Å². The molecule has 0 radical (unpaired) electrons. The lowest BCUT2D eigenvalue weighted by Crippen LogP contribution is -2.41. The molecule has 0 bridgehead atoms. The second-order valence-corrected chi connectivity index (χ2v) is 5.62. The van der Waals surface area contributed by atoms with Gasteiger partial charge >= 0.3 is 0 Å². The molecule has 0 aliphatic rings. The number of nitrogens with zero attached hydrogens (tertiary/aromatic N) is 2. The van der Waals surface area contributed by atoms with Crippen molar-refractivity contribution in [3.05, 3.63) is 59.8 Å². The normalized spacial score (nSPS) is 11.3. The van der Waals surface area contributed by atoms with Gasteiger partial charge in [0.2, 0.25) is 0 Å². The molecule has 2 N–H and O–H groups in total. The molecule has 2 rings (SSSR count). The van der Waals surface area contributed by atoms with E-state index >= 15 is 0 Å². The summed E-state index contributed by atoms with van der Waals surface area (Å²) in [6, 6.07) is 10.5. The Morgan fingerprint density at radius 2 is 1.88 bits per heavy atom. The highest BCUT2D eigenvalue weighted by molar-refractivity contribution is 14.0. The summed E-state index contributed by atoms with van der Waals surface area (Å²) in [4.78, 5) is 6.38. The van der Waals surface area contributed by atoms with Crippen LogP contribution in [0.2, 0.25) is 0 Å². The molecule has 0 aliphatic heterocycles. The van der Waals surface area contributed by atoms with Crippen LogP contribution >= 0.6 is 24.0 Å². The van der Waals surface area contributed by atoms with Crippen molar-refractivity contribution >= 4 is 29.9 Å². The number of nitrogens with one attached hydrogen (secondary N) is 2. The van der Waals surface area contributed by atoms with Gasteiger partial charge in [-0.3, -0.25) is 4.99 Å². The monoisotopic (exact) mass is 460 g/mol. The zero-order valence-corrected chi connectivity index (χ0v) is 17.0. The van der Waals surface area contributed by atoms with E-state index in [-0.39, 0.29) is 29.8 Å². The Balaban J connectivity index is 0.00000312. The molecule has 1 aromatic heterocycles. The molecule has 1 heterocycles. The highest BCUT2D eigenvalue weighted by Gasteiger charge is 2.03. The average molecular weight is 460 g/mol. The van der Waals surface area contributed by atoms with Crippen molar-refractivity contribution in [2.45, 2.75) is 13.0 Å². The number of hydrogen-bond donors (Lipinski definition) is 2. The minimum atomic E-state index is -0.201. The summed E-state index contributed by atoms with van der Waals surface area (Å²) < 4.78 is 18.2. The fourth-order valence-corrected chi connectivity index (χ4v) is 2.33. The van der Waals surface area contributed by atoms with Gasteiger partial charge in [0.15, 0.2) is 5.96 Å². The summed E-state index contributed by atoms with van der Waals surface area (Å²) in [6.45, 7) is 3.18. The number of hydrogen-bond acceptors (Lipinski definition) is 3. The zero-order valence-electron chi connectivity index (χ0n) is 14.7. The molecule has 0 saturated heterocycles. The van der Waals surface area contributed by atoms with Gasteiger partial charge < -0.3 is 20.0 Å². The minimum Gasteiger partial charge on any atom is -0.469 e. The molecule has 0 aliphatic carbocycles. The van der Waals surface area contributed by atoms with Crippen LogP contribution in [0.3, 0.4) is 0 Å². The first kappa shape index (κ1) is 21.4. The van der Waals surface area contributed by atoms with Crippen LogP contribution in [0.5, 0.6) is 0 Å². The maximum Gasteiger partial charge on any atom is 0.191 e. The topological polar surface area (TPSA) is 52.8 Å². The third kappa shape index (κ3) is 8.35. The van der Waals surface area contributed by atoms with E-state index in [1.165, 1.54) is 12.1 Å². The molecule has 0 fully saturated rings. The first-order chi connectivity index (χ1) is 11.7. The van der Waals surface area contributed by atoms with Crippen LogP contribution in [-0.2, 0) is 13.0 Å². The smallest absolute Gasteiger partial charge is 0.191 e. The molecular formula is C18H26FIN4O. The number of aliphatic imine (C=N–C) groups is 1. The van der Waals surface area contributed by atoms with Gasteiger partial charge in [0, 0.05) is 39.6 Å². The van der Waals surface area contributed by atoms with E-state index in [0.717, 1.165) is 49.9 Å². The molecule has 5 nitrogen and oxygen atoms in total. The van der Waals surface area contributed by atoms with Gasteiger partial charge in [0.1, 0.15) is 11.6 Å². The highest BCUT2D eigenvalue weighted by Crippen LogP contribution is 2.05. The zero-order chi connectivity index (χ0) is 17.2. The van der Waals surface area contributed by atoms with Gasteiger partial charge in [-0.2, -0.15) is 0 Å². The van der Waals surface area contributed by atoms with Gasteiger partial charge in [-0.15, -0.1) is 24.0 Å². The van der Waals surface area contributed by atoms with Crippen molar-refractivity contribution in [2.24, 2.45) is 4.99 Å². The number of benzene rings is 1. The molecule has 0 unspecified atom stereocenters. The van der Waals surface area contributed by atoms with Crippen molar-refractivity contribution < 1.29 is 8.81 Å². The van der Waals surface area contributed by atoms with E-state index in [1.807, 2.05) is 31.3 Å². The number of rotatable bonds is 8. The van der Waals surface area contributed by atoms with E-state index in [9.17, 15) is 4.39 Å². The summed E-state index contributed by atoms with van der Waals surface area (Å²) >= 11 is 0. The summed E-state index contributed by atoms with van der Waals surface area (Å²) in [6.07, 6.45) is 2.50. The van der Waals surface area contributed by atoms with Crippen LogP contribution in [-0.4, -0.2) is 44.6 Å². The van der Waals surface area contributed by atoms with Crippen molar-refractivity contribution in [3.8, 4) is 0 Å². The number of guanidine groups is 1. The Labute approximate surface area is 165 Å². The van der Waals surface area contributed by atoms with Crippen molar-refractivity contribution in [2.75, 3.05) is 33.7 Å². The third-order valence-electron chi connectivity index (χ3n) is 3.62. The summed E-state index contributed by atoms with van der Waals surface area (Å²) in [5, 5.41) is 6.54.